The topological polar surface area (TPSA) is 66.2 Å². The zero-order valence-corrected chi connectivity index (χ0v) is 10.4. The first kappa shape index (κ1) is 12.9. The van der Waals surface area contributed by atoms with Crippen LogP contribution in [0.25, 0.3) is 11.3 Å². The Morgan fingerprint density at radius 3 is 2.44 bits per heavy atom. The van der Waals surface area contributed by atoms with Crippen molar-refractivity contribution in [2.75, 3.05) is 0 Å². The Labute approximate surface area is 112 Å². The Morgan fingerprint density at radius 2 is 1.94 bits per heavy atom. The molecule has 2 aromatic rings. The van der Waals surface area contributed by atoms with Crippen molar-refractivity contribution in [3.8, 4) is 11.3 Å². The van der Waals surface area contributed by atoms with Gasteiger partial charge < -0.3 is 14.3 Å². The first-order valence-corrected chi connectivity index (χ1v) is 4.10. The predicted octanol–water partition coefficient (Wildman–Crippen LogP) is -2.15. The number of carbonyl (C=O) groups is 1. The molecule has 0 unspecified atom stereocenters. The number of hydrogen-bond donors (Lipinski definition) is 0. The zero-order valence-electron chi connectivity index (χ0n) is 8.44. The summed E-state index contributed by atoms with van der Waals surface area (Å²) >= 11 is 0. The van der Waals surface area contributed by atoms with Gasteiger partial charge in [-0.1, -0.05) is 0 Å². The Hall–Kier alpha value is -1.17. The molecule has 0 atom stereocenters. The van der Waals surface area contributed by atoms with E-state index in [2.05, 4.69) is 4.98 Å². The fourth-order valence-corrected chi connectivity index (χ4v) is 1.12. The molecule has 2 rings (SSSR count). The summed E-state index contributed by atoms with van der Waals surface area (Å²) < 4.78 is 17.5. The standard InChI is InChI=1S/C10H6FNO3.Na/c11-7-3-1-6(2-4-7)8-5-12-9(15-8)10(13)14;/h1-5H,(H,13,14);/q;+1/p-1. The van der Waals surface area contributed by atoms with Crippen LogP contribution in [0.4, 0.5) is 4.39 Å². The van der Waals surface area contributed by atoms with Crippen molar-refractivity contribution in [1.29, 1.82) is 0 Å². The quantitative estimate of drug-likeness (QED) is 0.550. The number of hydrogen-bond acceptors (Lipinski definition) is 4. The van der Waals surface area contributed by atoms with Gasteiger partial charge in [-0.3, -0.25) is 0 Å². The van der Waals surface area contributed by atoms with Crippen molar-refractivity contribution < 1.29 is 48.3 Å². The number of carbonyl (C=O) groups excluding carboxylic acids is 1. The first-order valence-electron chi connectivity index (χ1n) is 4.10. The van der Waals surface area contributed by atoms with Crippen molar-refractivity contribution in [1.82, 2.24) is 4.98 Å². The summed E-state index contributed by atoms with van der Waals surface area (Å²) in [6.45, 7) is 0. The Morgan fingerprint density at radius 1 is 1.31 bits per heavy atom. The smallest absolute Gasteiger partial charge is 0.540 e. The van der Waals surface area contributed by atoms with Crippen LogP contribution in [0.15, 0.2) is 34.9 Å². The molecule has 6 heteroatoms. The molecule has 76 valence electrons. The van der Waals surface area contributed by atoms with Crippen molar-refractivity contribution >= 4 is 5.97 Å². The van der Waals surface area contributed by atoms with Crippen molar-refractivity contribution in [3.63, 3.8) is 0 Å². The van der Waals surface area contributed by atoms with Gasteiger partial charge in [0.05, 0.1) is 6.20 Å². The minimum absolute atomic E-state index is 0. The third kappa shape index (κ3) is 2.69. The van der Waals surface area contributed by atoms with E-state index in [-0.39, 0.29) is 41.1 Å². The van der Waals surface area contributed by atoms with Gasteiger partial charge in [0, 0.05) is 5.56 Å². The molecule has 0 saturated carbocycles. The van der Waals surface area contributed by atoms with Gasteiger partial charge in [-0.2, -0.15) is 0 Å². The molecule has 16 heavy (non-hydrogen) atoms. The molecule has 0 bridgehead atoms. The number of carboxylic acids is 1. The summed E-state index contributed by atoms with van der Waals surface area (Å²) in [4.78, 5) is 13.9. The van der Waals surface area contributed by atoms with Crippen LogP contribution in [-0.2, 0) is 0 Å². The van der Waals surface area contributed by atoms with Crippen LogP contribution in [-0.4, -0.2) is 11.0 Å². The molecule has 0 aliphatic rings. The van der Waals surface area contributed by atoms with Crippen molar-refractivity contribution in [2.45, 2.75) is 0 Å². The number of rotatable bonds is 2. The van der Waals surface area contributed by atoms with E-state index in [1.54, 1.807) is 0 Å². The third-order valence-electron chi connectivity index (χ3n) is 1.81. The summed E-state index contributed by atoms with van der Waals surface area (Å²) in [6, 6.07) is 5.43. The molecule has 0 aliphatic heterocycles. The van der Waals surface area contributed by atoms with Gasteiger partial charge in [0.1, 0.15) is 11.8 Å². The summed E-state index contributed by atoms with van der Waals surface area (Å²) in [6.07, 6.45) is 1.25. The Balaban J connectivity index is 0.00000128. The molecule has 1 aromatic carbocycles. The number of halogens is 1. The fraction of sp³-hybridized carbons (Fsp3) is 0. The van der Waals surface area contributed by atoms with E-state index in [4.69, 9.17) is 4.42 Å². The molecule has 0 N–H and O–H groups in total. The van der Waals surface area contributed by atoms with Gasteiger partial charge in [0.25, 0.3) is 0 Å². The summed E-state index contributed by atoms with van der Waals surface area (Å²) in [5.41, 5.74) is 0.552. The number of aromatic carboxylic acids is 1. The number of nitrogens with zero attached hydrogens (tertiary/aromatic N) is 1. The van der Waals surface area contributed by atoms with Crippen LogP contribution in [0, 0.1) is 5.82 Å². The van der Waals surface area contributed by atoms with Crippen LogP contribution in [0.5, 0.6) is 0 Å². The fourth-order valence-electron chi connectivity index (χ4n) is 1.12. The molecule has 0 saturated heterocycles. The van der Waals surface area contributed by atoms with Gasteiger partial charge in [-0.05, 0) is 24.3 Å². The molecule has 4 nitrogen and oxygen atoms in total. The van der Waals surface area contributed by atoms with E-state index >= 15 is 0 Å². The molecular weight excluding hydrogens is 224 g/mol. The van der Waals surface area contributed by atoms with E-state index in [0.29, 0.717) is 5.56 Å². The number of carboxylic acid groups (broad SMARTS) is 1. The minimum Gasteiger partial charge on any atom is -0.540 e. The van der Waals surface area contributed by atoms with Gasteiger partial charge in [0.2, 0.25) is 5.89 Å². The Kier molecular flexibility index (Phi) is 4.23. The minimum atomic E-state index is -1.48. The number of aromatic nitrogens is 1. The molecule has 0 spiro atoms. The van der Waals surface area contributed by atoms with Gasteiger partial charge >= 0.3 is 29.6 Å². The van der Waals surface area contributed by atoms with E-state index in [0.717, 1.165) is 0 Å². The molecule has 0 radical (unpaired) electrons. The molecule has 1 heterocycles. The largest absolute Gasteiger partial charge is 1.00 e. The van der Waals surface area contributed by atoms with Gasteiger partial charge in [-0.25, -0.2) is 9.37 Å². The van der Waals surface area contributed by atoms with E-state index in [9.17, 15) is 14.3 Å². The first-order chi connectivity index (χ1) is 7.16. The second-order valence-electron chi connectivity index (χ2n) is 2.82. The molecule has 0 aliphatic carbocycles. The molecule has 0 fully saturated rings. The monoisotopic (exact) mass is 229 g/mol. The second-order valence-corrected chi connectivity index (χ2v) is 2.82. The summed E-state index contributed by atoms with van der Waals surface area (Å²) in [7, 11) is 0. The molecule has 1 aromatic heterocycles. The average molecular weight is 229 g/mol. The third-order valence-corrected chi connectivity index (χ3v) is 1.81. The maximum Gasteiger partial charge on any atom is 1.00 e. The zero-order chi connectivity index (χ0) is 10.8. The Bertz CT molecular complexity index is 495. The number of benzene rings is 1. The second kappa shape index (κ2) is 5.25. The SMILES string of the molecule is O=C([O-])c1ncc(-c2ccc(F)cc2)o1.[Na+]. The van der Waals surface area contributed by atoms with E-state index in [1.807, 2.05) is 0 Å². The van der Waals surface area contributed by atoms with E-state index < -0.39 is 11.9 Å². The summed E-state index contributed by atoms with van der Waals surface area (Å²) in [5.74, 6) is -2.09. The van der Waals surface area contributed by atoms with Crippen LogP contribution in [0.1, 0.15) is 10.7 Å². The molecular formula is C10H5FNNaO3. The van der Waals surface area contributed by atoms with Gasteiger partial charge in [0.15, 0.2) is 5.76 Å². The predicted molar refractivity (Wildman–Crippen MR) is 46.2 cm³/mol. The van der Waals surface area contributed by atoms with Crippen LogP contribution < -0.4 is 34.7 Å². The van der Waals surface area contributed by atoms with E-state index in [1.165, 1.54) is 30.5 Å². The normalized spacial score (nSPS) is 9.56. The molecule has 0 amide bonds. The van der Waals surface area contributed by atoms with Gasteiger partial charge in [-0.15, -0.1) is 0 Å². The maximum atomic E-state index is 12.6. The van der Waals surface area contributed by atoms with Crippen LogP contribution in [0.3, 0.4) is 0 Å². The van der Waals surface area contributed by atoms with Crippen LogP contribution in [0.2, 0.25) is 0 Å². The maximum absolute atomic E-state index is 12.6. The van der Waals surface area contributed by atoms with Crippen molar-refractivity contribution in [2.24, 2.45) is 0 Å². The average Bonchev–Trinajstić information content (AvgIpc) is 2.68. The van der Waals surface area contributed by atoms with Crippen molar-refractivity contribution in [3.05, 3.63) is 42.2 Å². The van der Waals surface area contributed by atoms with Crippen LogP contribution >= 0.6 is 0 Å². The number of oxazole rings is 1. The summed E-state index contributed by atoms with van der Waals surface area (Å²) in [5, 5.41) is 10.4.